The topological polar surface area (TPSA) is 83.6 Å². The molecule has 2 aliphatic rings. The molecule has 0 bridgehead atoms. The van der Waals surface area contributed by atoms with Crippen LogP contribution in [0.15, 0.2) is 42.5 Å². The first-order chi connectivity index (χ1) is 16.5. The third kappa shape index (κ3) is 5.09. The molecule has 0 amide bonds. The van der Waals surface area contributed by atoms with E-state index in [-0.39, 0.29) is 6.79 Å². The molecule has 1 saturated carbocycles. The van der Waals surface area contributed by atoms with Gasteiger partial charge in [-0.2, -0.15) is 4.98 Å². The van der Waals surface area contributed by atoms with Crippen LogP contribution in [0, 0.1) is 0 Å². The molecule has 5 rings (SSSR count). The number of nitrogens with one attached hydrogen (secondary N) is 3. The Hall–Kier alpha value is -3.33. The van der Waals surface area contributed by atoms with E-state index in [1.807, 2.05) is 55.4 Å². The van der Waals surface area contributed by atoms with Gasteiger partial charge in [0.1, 0.15) is 5.82 Å². The molecule has 0 saturated heterocycles. The number of aromatic nitrogens is 2. The fraction of sp³-hybridized carbons (Fsp3) is 0.400. The number of hydrogen-bond donors (Lipinski definition) is 3. The van der Waals surface area contributed by atoms with E-state index >= 15 is 0 Å². The molecule has 1 aliphatic carbocycles. The van der Waals surface area contributed by atoms with Crippen molar-refractivity contribution in [2.75, 3.05) is 31.1 Å². The maximum absolute atomic E-state index is 5.53. The molecular formula is C25H30N6O2S. The predicted molar refractivity (Wildman–Crippen MR) is 139 cm³/mol. The molecule has 8 nitrogen and oxygen atoms in total. The summed E-state index contributed by atoms with van der Waals surface area (Å²) < 4.78 is 10.8. The van der Waals surface area contributed by atoms with Crippen molar-refractivity contribution in [3.8, 4) is 11.5 Å². The number of thiocarbonyl (C=S) groups is 1. The molecule has 0 spiro atoms. The van der Waals surface area contributed by atoms with Crippen molar-refractivity contribution in [1.29, 1.82) is 0 Å². The van der Waals surface area contributed by atoms with Gasteiger partial charge in [-0.1, -0.05) is 18.2 Å². The van der Waals surface area contributed by atoms with Gasteiger partial charge in [-0.3, -0.25) is 0 Å². The summed E-state index contributed by atoms with van der Waals surface area (Å²) in [6.45, 7) is 0.931. The van der Waals surface area contributed by atoms with Crippen molar-refractivity contribution in [3.05, 3.63) is 48.0 Å². The first-order valence-corrected chi connectivity index (χ1v) is 12.1. The van der Waals surface area contributed by atoms with Crippen molar-refractivity contribution < 1.29 is 9.47 Å². The third-order valence-electron chi connectivity index (χ3n) is 6.29. The Morgan fingerprint density at radius 3 is 2.59 bits per heavy atom. The van der Waals surface area contributed by atoms with Gasteiger partial charge in [-0.25, -0.2) is 4.98 Å². The normalized spacial score (nSPS) is 19.0. The number of hydrogen-bond acceptors (Lipinski definition) is 7. The van der Waals surface area contributed by atoms with E-state index in [1.165, 1.54) is 0 Å². The number of anilines is 2. The fourth-order valence-electron chi connectivity index (χ4n) is 4.50. The van der Waals surface area contributed by atoms with Gasteiger partial charge in [0, 0.05) is 38.1 Å². The summed E-state index contributed by atoms with van der Waals surface area (Å²) in [5.74, 6) is 3.21. The van der Waals surface area contributed by atoms with Crippen LogP contribution >= 0.6 is 12.2 Å². The smallest absolute Gasteiger partial charge is 0.231 e. The molecule has 34 heavy (non-hydrogen) atoms. The average Bonchev–Trinajstić information content (AvgIpc) is 3.31. The van der Waals surface area contributed by atoms with Gasteiger partial charge in [0.2, 0.25) is 12.7 Å². The van der Waals surface area contributed by atoms with E-state index in [4.69, 9.17) is 31.7 Å². The molecule has 3 N–H and O–H groups in total. The summed E-state index contributed by atoms with van der Waals surface area (Å²) in [5.41, 5.74) is 2.06. The maximum Gasteiger partial charge on any atom is 0.231 e. The molecule has 9 heteroatoms. The second-order valence-electron chi connectivity index (χ2n) is 8.99. The zero-order chi connectivity index (χ0) is 23.5. The lowest BCUT2D eigenvalue weighted by atomic mass is 9.91. The first-order valence-electron chi connectivity index (χ1n) is 11.7. The fourth-order valence-corrected chi connectivity index (χ4v) is 4.74. The van der Waals surface area contributed by atoms with Gasteiger partial charge in [0.15, 0.2) is 16.6 Å². The van der Waals surface area contributed by atoms with Gasteiger partial charge in [0.25, 0.3) is 0 Å². The Kier molecular flexibility index (Phi) is 6.53. The summed E-state index contributed by atoms with van der Waals surface area (Å²) >= 11 is 5.53. The summed E-state index contributed by atoms with van der Waals surface area (Å²) in [6.07, 6.45) is 4.15. The SMILES string of the molecule is CN(C)c1nc(NC2CCC(NC(=S)NCc3ccc4c(c3)OCO4)CC2)nc2ccccc12. The highest BCUT2D eigenvalue weighted by Gasteiger charge is 2.23. The van der Waals surface area contributed by atoms with Crippen LogP contribution in [0.2, 0.25) is 0 Å². The van der Waals surface area contributed by atoms with Crippen LogP contribution in [-0.2, 0) is 6.54 Å². The molecule has 2 heterocycles. The minimum atomic E-state index is 0.285. The van der Waals surface area contributed by atoms with E-state index in [1.54, 1.807) is 0 Å². The quantitative estimate of drug-likeness (QED) is 0.458. The lowest BCUT2D eigenvalue weighted by Gasteiger charge is -2.30. The van der Waals surface area contributed by atoms with Gasteiger partial charge in [-0.15, -0.1) is 0 Å². The molecular weight excluding hydrogens is 448 g/mol. The van der Waals surface area contributed by atoms with Crippen molar-refractivity contribution in [1.82, 2.24) is 20.6 Å². The molecule has 178 valence electrons. The van der Waals surface area contributed by atoms with Crippen LogP contribution in [0.5, 0.6) is 11.5 Å². The first kappa shape index (κ1) is 22.5. The van der Waals surface area contributed by atoms with Gasteiger partial charge < -0.3 is 30.3 Å². The van der Waals surface area contributed by atoms with Crippen LogP contribution in [0.25, 0.3) is 10.9 Å². The van der Waals surface area contributed by atoms with Crippen LogP contribution < -0.4 is 30.3 Å². The monoisotopic (exact) mass is 478 g/mol. The minimum Gasteiger partial charge on any atom is -0.454 e. The van der Waals surface area contributed by atoms with Crippen molar-refractivity contribution >= 4 is 40.0 Å². The van der Waals surface area contributed by atoms with Gasteiger partial charge >= 0.3 is 0 Å². The van der Waals surface area contributed by atoms with Crippen LogP contribution in [0.4, 0.5) is 11.8 Å². The molecule has 0 unspecified atom stereocenters. The lowest BCUT2D eigenvalue weighted by molar-refractivity contribution is 0.174. The van der Waals surface area contributed by atoms with Gasteiger partial charge in [-0.05, 0) is 67.7 Å². The van der Waals surface area contributed by atoms with E-state index in [0.29, 0.717) is 29.7 Å². The number of rotatable bonds is 6. The second-order valence-corrected chi connectivity index (χ2v) is 9.40. The molecule has 2 aromatic carbocycles. The Labute approximate surface area is 205 Å². The van der Waals surface area contributed by atoms with Gasteiger partial charge in [0.05, 0.1) is 5.52 Å². The Bertz CT molecular complexity index is 1180. The van der Waals surface area contributed by atoms with E-state index in [9.17, 15) is 0 Å². The van der Waals surface area contributed by atoms with E-state index in [0.717, 1.165) is 59.5 Å². The largest absolute Gasteiger partial charge is 0.454 e. The third-order valence-corrected chi connectivity index (χ3v) is 6.55. The lowest BCUT2D eigenvalue weighted by Crippen LogP contribution is -2.44. The highest BCUT2D eigenvalue weighted by molar-refractivity contribution is 7.80. The summed E-state index contributed by atoms with van der Waals surface area (Å²) in [4.78, 5) is 11.6. The second kappa shape index (κ2) is 9.89. The van der Waals surface area contributed by atoms with Crippen molar-refractivity contribution in [2.45, 2.75) is 44.3 Å². The highest BCUT2D eigenvalue weighted by atomic mass is 32.1. The van der Waals surface area contributed by atoms with Crippen molar-refractivity contribution in [2.24, 2.45) is 0 Å². The average molecular weight is 479 g/mol. The summed E-state index contributed by atoms with van der Waals surface area (Å²) in [6, 6.07) is 14.8. The number of para-hydroxylation sites is 1. The molecule has 1 aliphatic heterocycles. The minimum absolute atomic E-state index is 0.285. The Balaban J connectivity index is 1.11. The van der Waals surface area contributed by atoms with E-state index in [2.05, 4.69) is 22.0 Å². The summed E-state index contributed by atoms with van der Waals surface area (Å²) in [7, 11) is 4.03. The van der Waals surface area contributed by atoms with Crippen LogP contribution in [0.1, 0.15) is 31.2 Å². The number of ether oxygens (including phenoxy) is 2. The standard InChI is InChI=1S/C25H30N6O2S/c1-31(2)23-19-5-3-4-6-20(19)29-24(30-23)27-17-8-10-18(11-9-17)28-25(34)26-14-16-7-12-21-22(13-16)33-15-32-21/h3-7,12-13,17-18H,8-11,14-15H2,1-2H3,(H2,26,28,34)(H,27,29,30). The molecule has 0 radical (unpaired) electrons. The number of fused-ring (bicyclic) bond motifs is 2. The predicted octanol–water partition coefficient (Wildman–Crippen LogP) is 3.81. The molecule has 3 aromatic rings. The highest BCUT2D eigenvalue weighted by Crippen LogP contribution is 2.32. The molecule has 1 fully saturated rings. The maximum atomic E-state index is 5.53. The number of benzene rings is 2. The Morgan fingerprint density at radius 1 is 1.00 bits per heavy atom. The van der Waals surface area contributed by atoms with Crippen LogP contribution in [-0.4, -0.2) is 48.1 Å². The summed E-state index contributed by atoms with van der Waals surface area (Å²) in [5, 5.41) is 12.1. The zero-order valence-electron chi connectivity index (χ0n) is 19.5. The van der Waals surface area contributed by atoms with Crippen molar-refractivity contribution in [3.63, 3.8) is 0 Å². The zero-order valence-corrected chi connectivity index (χ0v) is 20.3. The van der Waals surface area contributed by atoms with Crippen LogP contribution in [0.3, 0.4) is 0 Å². The number of nitrogens with zero attached hydrogens (tertiary/aromatic N) is 3. The Morgan fingerprint density at radius 2 is 1.76 bits per heavy atom. The molecule has 0 atom stereocenters. The molecule has 1 aromatic heterocycles. The van der Waals surface area contributed by atoms with E-state index < -0.39 is 0 Å².